The molecule has 9 nitrogen and oxygen atoms in total. The first-order valence-electron chi connectivity index (χ1n) is 12.5. The molecule has 13 heteroatoms. The minimum absolute atomic E-state index is 0.138. The number of sulfonamides is 1. The van der Waals surface area contributed by atoms with Gasteiger partial charge >= 0.3 is 12.1 Å². The van der Waals surface area contributed by atoms with Crippen molar-refractivity contribution in [1.82, 2.24) is 19.8 Å². The van der Waals surface area contributed by atoms with E-state index in [9.17, 15) is 31.2 Å². The highest BCUT2D eigenvalue weighted by Gasteiger charge is 2.38. The van der Waals surface area contributed by atoms with E-state index < -0.39 is 33.6 Å². The standard InChI is InChI=1S/C27H32F3N5O4S/c1-18-17-22(35(33-18)16-8-7-15-31-25(37)27(28,29)30)24(36)32-20-13-11-19(12-14-20)21-9-5-6-10-23(21)40(38,39)34-26(2,3)4/h5-6,9-14,17,34H,7-8,15-16H2,1-4H3,(H,31,37)(H,32,36). The van der Waals surface area contributed by atoms with Crippen molar-refractivity contribution in [3.8, 4) is 11.1 Å². The zero-order valence-corrected chi connectivity index (χ0v) is 23.4. The van der Waals surface area contributed by atoms with Gasteiger partial charge < -0.3 is 10.6 Å². The molecule has 0 spiro atoms. The lowest BCUT2D eigenvalue weighted by molar-refractivity contribution is -0.173. The number of nitrogens with one attached hydrogen (secondary N) is 3. The number of carbonyl (C=O) groups is 2. The van der Waals surface area contributed by atoms with Gasteiger partial charge in [0, 0.05) is 29.9 Å². The van der Waals surface area contributed by atoms with Crippen molar-refractivity contribution in [3.05, 3.63) is 66.0 Å². The van der Waals surface area contributed by atoms with Crippen LogP contribution in [-0.2, 0) is 21.4 Å². The van der Waals surface area contributed by atoms with E-state index in [0.29, 0.717) is 28.9 Å². The Morgan fingerprint density at radius 2 is 1.62 bits per heavy atom. The van der Waals surface area contributed by atoms with E-state index in [1.165, 1.54) is 10.7 Å². The van der Waals surface area contributed by atoms with Gasteiger partial charge in [0.1, 0.15) is 5.69 Å². The summed E-state index contributed by atoms with van der Waals surface area (Å²) in [6.45, 7) is 7.11. The van der Waals surface area contributed by atoms with Crippen molar-refractivity contribution < 1.29 is 31.2 Å². The summed E-state index contributed by atoms with van der Waals surface area (Å²) < 4.78 is 66.9. The second-order valence-electron chi connectivity index (χ2n) is 10.2. The topological polar surface area (TPSA) is 122 Å². The molecule has 0 aliphatic rings. The second-order valence-corrected chi connectivity index (χ2v) is 11.9. The lowest BCUT2D eigenvalue weighted by Crippen LogP contribution is -2.40. The van der Waals surface area contributed by atoms with Crippen molar-refractivity contribution in [3.63, 3.8) is 0 Å². The molecule has 216 valence electrons. The number of hydrogen-bond donors (Lipinski definition) is 3. The fourth-order valence-electron chi connectivity index (χ4n) is 3.91. The molecule has 0 bridgehead atoms. The van der Waals surface area contributed by atoms with Crippen molar-refractivity contribution >= 4 is 27.5 Å². The molecule has 0 fully saturated rings. The zero-order valence-electron chi connectivity index (χ0n) is 22.6. The third-order valence-corrected chi connectivity index (χ3v) is 7.36. The van der Waals surface area contributed by atoms with E-state index in [4.69, 9.17) is 0 Å². The summed E-state index contributed by atoms with van der Waals surface area (Å²) in [4.78, 5) is 24.0. The van der Waals surface area contributed by atoms with Crippen LogP contribution >= 0.6 is 0 Å². The summed E-state index contributed by atoms with van der Waals surface area (Å²) >= 11 is 0. The molecule has 0 radical (unpaired) electrons. The highest BCUT2D eigenvalue weighted by Crippen LogP contribution is 2.29. The Kier molecular flexibility index (Phi) is 9.41. The first-order valence-corrected chi connectivity index (χ1v) is 14.0. The first-order chi connectivity index (χ1) is 18.6. The molecule has 3 rings (SSSR count). The van der Waals surface area contributed by atoms with E-state index >= 15 is 0 Å². The Balaban J connectivity index is 1.67. The van der Waals surface area contributed by atoms with Crippen LogP contribution in [0.25, 0.3) is 11.1 Å². The fourth-order valence-corrected chi connectivity index (χ4v) is 5.56. The van der Waals surface area contributed by atoms with Crippen LogP contribution in [0.4, 0.5) is 18.9 Å². The number of carbonyl (C=O) groups excluding carboxylic acids is 2. The lowest BCUT2D eigenvalue weighted by Gasteiger charge is -2.21. The van der Waals surface area contributed by atoms with Crippen molar-refractivity contribution in [2.75, 3.05) is 11.9 Å². The molecule has 3 N–H and O–H groups in total. The molecule has 40 heavy (non-hydrogen) atoms. The molecule has 0 atom stereocenters. The van der Waals surface area contributed by atoms with E-state index in [1.807, 2.05) is 5.32 Å². The highest BCUT2D eigenvalue weighted by molar-refractivity contribution is 7.89. The van der Waals surface area contributed by atoms with Gasteiger partial charge in [0.25, 0.3) is 5.91 Å². The normalized spacial score (nSPS) is 12.3. The molecule has 2 aromatic carbocycles. The number of rotatable bonds is 10. The maximum absolute atomic E-state index is 13.0. The molecule has 2 amide bonds. The number of anilines is 1. The first kappa shape index (κ1) is 30.8. The predicted molar refractivity (Wildman–Crippen MR) is 145 cm³/mol. The smallest absolute Gasteiger partial charge is 0.348 e. The molecule has 1 aromatic heterocycles. The Morgan fingerprint density at radius 1 is 0.975 bits per heavy atom. The van der Waals surface area contributed by atoms with Crippen LogP contribution in [0.1, 0.15) is 49.8 Å². The van der Waals surface area contributed by atoms with Gasteiger partial charge in [-0.15, -0.1) is 0 Å². The number of aryl methyl sites for hydroxylation is 2. The summed E-state index contributed by atoms with van der Waals surface area (Å²) in [5, 5.41) is 8.88. The minimum atomic E-state index is -4.92. The SMILES string of the molecule is Cc1cc(C(=O)Nc2ccc(-c3ccccc3S(=O)(=O)NC(C)(C)C)cc2)n(CCCCNC(=O)C(F)(F)F)n1. The van der Waals surface area contributed by atoms with E-state index in [-0.39, 0.29) is 30.1 Å². The maximum atomic E-state index is 13.0. The van der Waals surface area contributed by atoms with Gasteiger partial charge in [0.2, 0.25) is 10.0 Å². The number of halogens is 3. The Morgan fingerprint density at radius 3 is 2.25 bits per heavy atom. The van der Waals surface area contributed by atoms with Crippen LogP contribution < -0.4 is 15.4 Å². The van der Waals surface area contributed by atoms with Gasteiger partial charge in [0.05, 0.1) is 10.6 Å². The number of alkyl halides is 3. The lowest BCUT2D eigenvalue weighted by atomic mass is 10.1. The number of amides is 2. The van der Waals surface area contributed by atoms with Gasteiger partial charge in [-0.25, -0.2) is 13.1 Å². The third kappa shape index (κ3) is 8.39. The van der Waals surface area contributed by atoms with Crippen LogP contribution in [0.5, 0.6) is 0 Å². The molecule has 0 aliphatic carbocycles. The van der Waals surface area contributed by atoms with Crippen LogP contribution in [0.3, 0.4) is 0 Å². The molecule has 0 saturated heterocycles. The molecule has 1 heterocycles. The quantitative estimate of drug-likeness (QED) is 0.302. The Labute approximate surface area is 231 Å². The summed E-state index contributed by atoms with van der Waals surface area (Å²) in [5.74, 6) is -2.42. The molecule has 3 aromatic rings. The Hall–Kier alpha value is -3.71. The van der Waals surface area contributed by atoms with Crippen LogP contribution in [0.15, 0.2) is 59.5 Å². The van der Waals surface area contributed by atoms with Gasteiger partial charge in [0.15, 0.2) is 0 Å². The van der Waals surface area contributed by atoms with E-state index in [2.05, 4.69) is 15.1 Å². The largest absolute Gasteiger partial charge is 0.471 e. The Bertz CT molecular complexity index is 1460. The number of hydrogen-bond acceptors (Lipinski definition) is 5. The maximum Gasteiger partial charge on any atom is 0.471 e. The molecule has 0 unspecified atom stereocenters. The van der Waals surface area contributed by atoms with Crippen molar-refractivity contribution in [2.45, 2.75) is 63.7 Å². The fraction of sp³-hybridized carbons (Fsp3) is 0.370. The zero-order chi connectivity index (χ0) is 29.7. The number of unbranched alkanes of at least 4 members (excludes halogenated alkanes) is 1. The van der Waals surface area contributed by atoms with Gasteiger partial charge in [-0.1, -0.05) is 30.3 Å². The summed E-state index contributed by atoms with van der Waals surface area (Å²) in [5.41, 5.74) is 1.83. The monoisotopic (exact) mass is 579 g/mol. The number of benzene rings is 2. The third-order valence-electron chi connectivity index (χ3n) is 5.55. The summed E-state index contributed by atoms with van der Waals surface area (Å²) in [7, 11) is -3.79. The van der Waals surface area contributed by atoms with Crippen molar-refractivity contribution in [1.29, 1.82) is 0 Å². The van der Waals surface area contributed by atoms with Gasteiger partial charge in [-0.05, 0) is 70.4 Å². The van der Waals surface area contributed by atoms with E-state index in [1.54, 1.807) is 76.2 Å². The predicted octanol–water partition coefficient (Wildman–Crippen LogP) is 4.65. The summed E-state index contributed by atoms with van der Waals surface area (Å²) in [6.07, 6.45) is -4.26. The number of aromatic nitrogens is 2. The average molecular weight is 580 g/mol. The molecular formula is C27H32F3N5O4S. The van der Waals surface area contributed by atoms with Crippen LogP contribution in [0, 0.1) is 6.92 Å². The average Bonchev–Trinajstić information content (AvgIpc) is 3.22. The van der Waals surface area contributed by atoms with E-state index in [0.717, 1.165) is 0 Å². The van der Waals surface area contributed by atoms with Gasteiger partial charge in [-0.3, -0.25) is 14.3 Å². The summed E-state index contributed by atoms with van der Waals surface area (Å²) in [6, 6.07) is 15.0. The van der Waals surface area contributed by atoms with Crippen LogP contribution in [0.2, 0.25) is 0 Å². The molecule has 0 aliphatic heterocycles. The number of nitrogens with zero attached hydrogens (tertiary/aromatic N) is 2. The molecule has 0 saturated carbocycles. The minimum Gasteiger partial charge on any atom is -0.348 e. The second kappa shape index (κ2) is 12.2. The van der Waals surface area contributed by atoms with Crippen molar-refractivity contribution in [2.24, 2.45) is 0 Å². The molecular weight excluding hydrogens is 547 g/mol. The highest BCUT2D eigenvalue weighted by atomic mass is 32.2. The van der Waals surface area contributed by atoms with Gasteiger partial charge in [-0.2, -0.15) is 18.3 Å². The van der Waals surface area contributed by atoms with Crippen LogP contribution in [-0.4, -0.2) is 48.3 Å².